The number of aliphatic carboxylic acids is 1. The fourth-order valence-corrected chi connectivity index (χ4v) is 4.39. The van der Waals surface area contributed by atoms with Gasteiger partial charge >= 0.3 is 5.97 Å². The highest BCUT2D eigenvalue weighted by molar-refractivity contribution is 5.76. The predicted octanol–water partition coefficient (Wildman–Crippen LogP) is 3.06. The maximum Gasteiger partial charge on any atom is 0.307 e. The van der Waals surface area contributed by atoms with E-state index in [2.05, 4.69) is 32.0 Å². The van der Waals surface area contributed by atoms with E-state index < -0.39 is 5.97 Å². The fourth-order valence-electron chi connectivity index (χ4n) is 4.39. The Hall–Kier alpha value is -1.31. The Morgan fingerprint density at radius 1 is 1.35 bits per heavy atom. The van der Waals surface area contributed by atoms with Crippen LogP contribution in [0.5, 0.6) is 0 Å². The molecule has 0 aromatic heterocycles. The first-order valence-electron chi connectivity index (χ1n) is 6.36. The van der Waals surface area contributed by atoms with Crippen molar-refractivity contribution in [3.63, 3.8) is 0 Å². The monoisotopic (exact) mass is 230 g/mol. The number of rotatable bonds is 2. The third-order valence-corrected chi connectivity index (χ3v) is 4.90. The normalized spacial score (nSPS) is 34.5. The second-order valence-corrected chi connectivity index (χ2v) is 5.74. The molecule has 3 unspecified atom stereocenters. The lowest BCUT2D eigenvalue weighted by Gasteiger charge is -2.47. The van der Waals surface area contributed by atoms with Crippen molar-refractivity contribution < 1.29 is 9.90 Å². The molecule has 0 spiro atoms. The molecule has 17 heavy (non-hydrogen) atoms. The fraction of sp³-hybridized carbons (Fsp3) is 0.533. The number of benzene rings is 1. The minimum atomic E-state index is -0.596. The third kappa shape index (κ3) is 1.24. The molecule has 2 heteroatoms. The van der Waals surface area contributed by atoms with Gasteiger partial charge in [0.05, 0.1) is 5.92 Å². The zero-order chi connectivity index (χ0) is 12.2. The van der Waals surface area contributed by atoms with E-state index in [0.717, 1.165) is 19.3 Å². The average Bonchev–Trinajstić information content (AvgIpc) is 2.75. The second kappa shape index (κ2) is 3.34. The van der Waals surface area contributed by atoms with Gasteiger partial charge in [-0.3, -0.25) is 4.79 Å². The van der Waals surface area contributed by atoms with Crippen molar-refractivity contribution in [2.45, 2.75) is 38.5 Å². The van der Waals surface area contributed by atoms with E-state index in [1.807, 2.05) is 0 Å². The van der Waals surface area contributed by atoms with Crippen molar-refractivity contribution >= 4 is 5.97 Å². The van der Waals surface area contributed by atoms with E-state index in [0.29, 0.717) is 5.92 Å². The standard InChI is InChI=1S/C15H18O2/c1-9-4-3-5-10(2)12(9)15-7-6-11(8-15)13(15)14(16)17/h3-5,11,13H,6-8H2,1-2H3,(H,16,17). The Labute approximate surface area is 102 Å². The van der Waals surface area contributed by atoms with Gasteiger partial charge in [0.25, 0.3) is 0 Å². The summed E-state index contributed by atoms with van der Waals surface area (Å²) in [6.07, 6.45) is 3.22. The molecule has 0 heterocycles. The van der Waals surface area contributed by atoms with Crippen LogP contribution in [0.15, 0.2) is 18.2 Å². The van der Waals surface area contributed by atoms with E-state index in [-0.39, 0.29) is 11.3 Å². The minimum Gasteiger partial charge on any atom is -0.481 e. The topological polar surface area (TPSA) is 37.3 Å². The van der Waals surface area contributed by atoms with Gasteiger partial charge in [0.1, 0.15) is 0 Å². The molecule has 0 saturated heterocycles. The molecule has 0 amide bonds. The number of carbonyl (C=O) groups is 1. The lowest BCUT2D eigenvalue weighted by Crippen LogP contribution is -2.49. The second-order valence-electron chi connectivity index (χ2n) is 5.74. The largest absolute Gasteiger partial charge is 0.481 e. The zero-order valence-electron chi connectivity index (χ0n) is 10.4. The molecular formula is C15H18O2. The van der Waals surface area contributed by atoms with Crippen LogP contribution in [0, 0.1) is 25.7 Å². The van der Waals surface area contributed by atoms with Crippen LogP contribution in [-0.2, 0) is 10.2 Å². The summed E-state index contributed by atoms with van der Waals surface area (Å²) in [6, 6.07) is 6.29. The summed E-state index contributed by atoms with van der Waals surface area (Å²) in [5.74, 6) is -0.310. The van der Waals surface area contributed by atoms with Crippen LogP contribution in [-0.4, -0.2) is 11.1 Å². The van der Waals surface area contributed by atoms with Gasteiger partial charge in [-0.05, 0) is 55.7 Å². The molecule has 1 aromatic carbocycles. The van der Waals surface area contributed by atoms with Crippen molar-refractivity contribution in [3.05, 3.63) is 34.9 Å². The molecule has 0 radical (unpaired) electrons. The highest BCUT2D eigenvalue weighted by Crippen LogP contribution is 2.64. The molecule has 3 fully saturated rings. The maximum absolute atomic E-state index is 11.4. The van der Waals surface area contributed by atoms with Crippen molar-refractivity contribution in [2.24, 2.45) is 11.8 Å². The molecule has 0 aliphatic heterocycles. The van der Waals surface area contributed by atoms with Gasteiger partial charge < -0.3 is 5.11 Å². The van der Waals surface area contributed by atoms with Gasteiger partial charge in [0, 0.05) is 5.41 Å². The summed E-state index contributed by atoms with van der Waals surface area (Å²) in [7, 11) is 0. The molecule has 90 valence electrons. The van der Waals surface area contributed by atoms with Crippen molar-refractivity contribution in [1.29, 1.82) is 0 Å². The lowest BCUT2D eigenvalue weighted by molar-refractivity contribution is -0.150. The molecule has 1 N–H and O–H groups in total. The Morgan fingerprint density at radius 2 is 2.00 bits per heavy atom. The Bertz CT molecular complexity index is 467. The molecule has 3 saturated carbocycles. The van der Waals surface area contributed by atoms with E-state index in [1.54, 1.807) is 0 Å². The van der Waals surface area contributed by atoms with Crippen LogP contribution in [0.1, 0.15) is 36.0 Å². The van der Waals surface area contributed by atoms with Crippen LogP contribution >= 0.6 is 0 Å². The first kappa shape index (κ1) is 10.8. The molecule has 4 rings (SSSR count). The summed E-state index contributed by atoms with van der Waals surface area (Å²) < 4.78 is 0. The van der Waals surface area contributed by atoms with Crippen LogP contribution in [0.2, 0.25) is 0 Å². The number of fused-ring (bicyclic) bond motifs is 1. The van der Waals surface area contributed by atoms with Crippen LogP contribution in [0.4, 0.5) is 0 Å². The summed E-state index contributed by atoms with van der Waals surface area (Å²) in [4.78, 5) is 11.4. The quantitative estimate of drug-likeness (QED) is 0.847. The Kier molecular flexibility index (Phi) is 2.13. The SMILES string of the molecule is Cc1cccc(C)c1C12CCC(C1)C2C(=O)O. The third-order valence-electron chi connectivity index (χ3n) is 4.90. The summed E-state index contributed by atoms with van der Waals surface area (Å²) >= 11 is 0. The van der Waals surface area contributed by atoms with Gasteiger partial charge in [0.2, 0.25) is 0 Å². The van der Waals surface area contributed by atoms with Crippen LogP contribution < -0.4 is 0 Å². The Morgan fingerprint density at radius 3 is 2.53 bits per heavy atom. The number of hydrogen-bond acceptors (Lipinski definition) is 1. The average molecular weight is 230 g/mol. The van der Waals surface area contributed by atoms with Crippen LogP contribution in [0.3, 0.4) is 0 Å². The van der Waals surface area contributed by atoms with Crippen molar-refractivity contribution in [1.82, 2.24) is 0 Å². The number of hydrogen-bond donors (Lipinski definition) is 1. The summed E-state index contributed by atoms with van der Waals surface area (Å²) in [6.45, 7) is 4.23. The molecular weight excluding hydrogens is 212 g/mol. The zero-order valence-corrected chi connectivity index (χ0v) is 10.4. The van der Waals surface area contributed by atoms with Gasteiger partial charge in [0.15, 0.2) is 0 Å². The minimum absolute atomic E-state index is 0.0497. The summed E-state index contributed by atoms with van der Waals surface area (Å²) in [5, 5.41) is 9.42. The lowest BCUT2D eigenvalue weighted by atomic mass is 9.55. The molecule has 1 aromatic rings. The molecule has 2 bridgehead atoms. The molecule has 3 aliphatic carbocycles. The number of carboxylic acids is 1. The van der Waals surface area contributed by atoms with E-state index >= 15 is 0 Å². The van der Waals surface area contributed by atoms with Gasteiger partial charge in [-0.1, -0.05) is 18.2 Å². The first-order valence-corrected chi connectivity index (χ1v) is 6.36. The van der Waals surface area contributed by atoms with Crippen molar-refractivity contribution in [3.8, 4) is 0 Å². The van der Waals surface area contributed by atoms with Gasteiger partial charge in [-0.25, -0.2) is 0 Å². The highest BCUT2D eigenvalue weighted by atomic mass is 16.4. The number of aryl methyl sites for hydroxylation is 2. The molecule has 3 atom stereocenters. The van der Waals surface area contributed by atoms with Gasteiger partial charge in [-0.15, -0.1) is 0 Å². The summed E-state index contributed by atoms with van der Waals surface area (Å²) in [5.41, 5.74) is 3.79. The Balaban J connectivity index is 2.13. The molecule has 3 aliphatic rings. The molecule has 2 nitrogen and oxygen atoms in total. The predicted molar refractivity (Wildman–Crippen MR) is 66.1 cm³/mol. The maximum atomic E-state index is 11.4. The number of carboxylic acid groups (broad SMARTS) is 1. The highest BCUT2D eigenvalue weighted by Gasteiger charge is 2.63. The van der Waals surface area contributed by atoms with Gasteiger partial charge in [-0.2, -0.15) is 0 Å². The van der Waals surface area contributed by atoms with E-state index in [4.69, 9.17) is 0 Å². The first-order chi connectivity index (χ1) is 8.06. The van der Waals surface area contributed by atoms with E-state index in [1.165, 1.54) is 16.7 Å². The van der Waals surface area contributed by atoms with Crippen molar-refractivity contribution in [2.75, 3.05) is 0 Å². The smallest absolute Gasteiger partial charge is 0.307 e. The van der Waals surface area contributed by atoms with E-state index in [9.17, 15) is 9.90 Å². The van der Waals surface area contributed by atoms with Crippen LogP contribution in [0.25, 0.3) is 0 Å².